The maximum atomic E-state index is 12.7. The molecule has 1 amide bonds. The average Bonchev–Trinajstić information content (AvgIpc) is 3.19. The van der Waals surface area contributed by atoms with Crippen LogP contribution >= 0.6 is 23.1 Å². The Morgan fingerprint density at radius 2 is 2.14 bits per heavy atom. The number of rotatable bonds is 2. The highest BCUT2D eigenvalue weighted by Gasteiger charge is 2.33. The SMILES string of the molecule is CN1CCc2nc(NC(=O)c3ccc4c(c3)SC3=NS(=O)(=O)CCN34)sc2C1. The number of amides is 1. The van der Waals surface area contributed by atoms with Crippen molar-refractivity contribution >= 4 is 55.0 Å². The summed E-state index contributed by atoms with van der Waals surface area (Å²) in [5.74, 6) is -0.217. The number of hydrogen-bond acceptors (Lipinski definition) is 8. The number of benzene rings is 1. The number of anilines is 2. The van der Waals surface area contributed by atoms with Gasteiger partial charge < -0.3 is 9.80 Å². The molecule has 146 valence electrons. The summed E-state index contributed by atoms with van der Waals surface area (Å²) in [5, 5.41) is 3.97. The van der Waals surface area contributed by atoms with Crippen LogP contribution in [0.2, 0.25) is 0 Å². The molecule has 3 aliphatic rings. The Hall–Kier alpha value is -1.95. The number of thiazole rings is 1. The van der Waals surface area contributed by atoms with E-state index in [0.717, 1.165) is 35.8 Å². The zero-order chi connectivity index (χ0) is 19.5. The average molecular weight is 436 g/mol. The van der Waals surface area contributed by atoms with Crippen LogP contribution in [0.4, 0.5) is 10.8 Å². The topological polar surface area (TPSA) is 95.0 Å². The van der Waals surface area contributed by atoms with Crippen molar-refractivity contribution in [2.45, 2.75) is 17.9 Å². The Bertz CT molecular complexity index is 1130. The Labute approximate surface area is 170 Å². The van der Waals surface area contributed by atoms with Gasteiger partial charge in [-0.3, -0.25) is 10.1 Å². The Morgan fingerprint density at radius 3 is 3.00 bits per heavy atom. The van der Waals surface area contributed by atoms with E-state index in [1.165, 1.54) is 28.0 Å². The minimum Gasteiger partial charge on any atom is -0.318 e. The number of carbonyl (C=O) groups excluding carboxylic acids is 1. The molecule has 0 radical (unpaired) electrons. The summed E-state index contributed by atoms with van der Waals surface area (Å²) in [4.78, 5) is 23.4. The first-order chi connectivity index (χ1) is 13.4. The third kappa shape index (κ3) is 3.21. The summed E-state index contributed by atoms with van der Waals surface area (Å²) < 4.78 is 27.3. The van der Waals surface area contributed by atoms with Crippen molar-refractivity contribution in [3.8, 4) is 0 Å². The lowest BCUT2D eigenvalue weighted by atomic mass is 10.2. The van der Waals surface area contributed by atoms with Crippen LogP contribution in [-0.2, 0) is 23.0 Å². The first-order valence-electron chi connectivity index (χ1n) is 8.78. The molecule has 0 saturated carbocycles. The highest BCUT2D eigenvalue weighted by atomic mass is 32.2. The van der Waals surface area contributed by atoms with Crippen molar-refractivity contribution in [3.05, 3.63) is 34.3 Å². The minimum absolute atomic E-state index is 0.00262. The zero-order valence-corrected chi connectivity index (χ0v) is 17.5. The molecular weight excluding hydrogens is 418 g/mol. The molecule has 28 heavy (non-hydrogen) atoms. The van der Waals surface area contributed by atoms with E-state index in [0.29, 0.717) is 22.4 Å². The molecule has 0 bridgehead atoms. The van der Waals surface area contributed by atoms with E-state index in [1.807, 2.05) is 11.0 Å². The van der Waals surface area contributed by atoms with Crippen molar-refractivity contribution in [1.29, 1.82) is 0 Å². The van der Waals surface area contributed by atoms with Crippen LogP contribution in [0.5, 0.6) is 0 Å². The highest BCUT2D eigenvalue weighted by Crippen LogP contribution is 2.42. The smallest absolute Gasteiger partial charge is 0.257 e. The summed E-state index contributed by atoms with van der Waals surface area (Å²) >= 11 is 2.80. The number of hydrogen-bond donors (Lipinski definition) is 1. The molecule has 1 N–H and O–H groups in total. The molecule has 2 aromatic rings. The Morgan fingerprint density at radius 1 is 1.29 bits per heavy atom. The number of amidine groups is 1. The summed E-state index contributed by atoms with van der Waals surface area (Å²) in [6.07, 6.45) is 0.897. The van der Waals surface area contributed by atoms with Crippen LogP contribution in [0.15, 0.2) is 27.5 Å². The Kier molecular flexibility index (Phi) is 4.23. The van der Waals surface area contributed by atoms with Gasteiger partial charge in [0.05, 0.1) is 17.1 Å². The van der Waals surface area contributed by atoms with Crippen LogP contribution in [0, 0.1) is 0 Å². The number of likely N-dealkylation sites (N-methyl/N-ethyl adjacent to an activating group) is 1. The van der Waals surface area contributed by atoms with E-state index in [9.17, 15) is 13.2 Å². The quantitative estimate of drug-likeness (QED) is 0.771. The largest absolute Gasteiger partial charge is 0.318 e. The maximum Gasteiger partial charge on any atom is 0.257 e. The summed E-state index contributed by atoms with van der Waals surface area (Å²) in [6.45, 7) is 2.22. The first-order valence-corrected chi connectivity index (χ1v) is 12.0. The standard InChI is InChI=1S/C17H17N5O3S3/c1-21-5-4-11-14(9-21)26-16(18-11)19-15(23)10-2-3-12-13(8-10)27-17-20-28(24,25)7-6-22(12)17/h2-3,8H,4-7,9H2,1H3,(H,18,19,23). The van der Waals surface area contributed by atoms with Crippen molar-refractivity contribution < 1.29 is 13.2 Å². The lowest BCUT2D eigenvalue weighted by Crippen LogP contribution is -2.35. The monoisotopic (exact) mass is 435 g/mol. The van der Waals surface area contributed by atoms with Crippen LogP contribution < -0.4 is 10.2 Å². The molecule has 3 aliphatic heterocycles. The number of thioether (sulfide) groups is 1. The van der Waals surface area contributed by atoms with Gasteiger partial charge in [-0.15, -0.1) is 15.7 Å². The van der Waals surface area contributed by atoms with Gasteiger partial charge in [0, 0.05) is 41.4 Å². The van der Waals surface area contributed by atoms with E-state index in [1.54, 1.807) is 12.1 Å². The summed E-state index contributed by atoms with van der Waals surface area (Å²) in [6, 6.07) is 5.38. The van der Waals surface area contributed by atoms with Crippen molar-refractivity contribution in [2.75, 3.05) is 36.1 Å². The van der Waals surface area contributed by atoms with Crippen molar-refractivity contribution in [2.24, 2.45) is 4.40 Å². The van der Waals surface area contributed by atoms with E-state index in [2.05, 4.69) is 26.6 Å². The fraction of sp³-hybridized carbons (Fsp3) is 0.353. The lowest BCUT2D eigenvalue weighted by Gasteiger charge is -2.22. The molecule has 5 rings (SSSR count). The fourth-order valence-electron chi connectivity index (χ4n) is 3.42. The molecule has 0 atom stereocenters. The minimum atomic E-state index is -3.39. The molecule has 4 heterocycles. The van der Waals surface area contributed by atoms with Crippen molar-refractivity contribution in [1.82, 2.24) is 9.88 Å². The van der Waals surface area contributed by atoms with E-state index < -0.39 is 10.0 Å². The van der Waals surface area contributed by atoms with Crippen molar-refractivity contribution in [3.63, 3.8) is 0 Å². The molecule has 0 spiro atoms. The number of nitrogens with zero attached hydrogens (tertiary/aromatic N) is 4. The van der Waals surface area contributed by atoms with Crippen LogP contribution in [0.3, 0.4) is 0 Å². The molecule has 0 saturated heterocycles. The third-order valence-electron chi connectivity index (χ3n) is 4.88. The van der Waals surface area contributed by atoms with Gasteiger partial charge in [0.1, 0.15) is 0 Å². The molecular formula is C17H17N5O3S3. The summed E-state index contributed by atoms with van der Waals surface area (Å²) in [7, 11) is -1.32. The van der Waals surface area contributed by atoms with E-state index in [4.69, 9.17) is 0 Å². The predicted octanol–water partition coefficient (Wildman–Crippen LogP) is 1.99. The van der Waals surface area contributed by atoms with Crippen LogP contribution in [0.1, 0.15) is 20.9 Å². The Balaban J connectivity index is 1.37. The predicted molar refractivity (Wildman–Crippen MR) is 111 cm³/mol. The van der Waals surface area contributed by atoms with Gasteiger partial charge in [0.25, 0.3) is 15.9 Å². The summed E-state index contributed by atoms with van der Waals surface area (Å²) in [5.41, 5.74) is 2.47. The number of carbonyl (C=O) groups is 1. The second-order valence-electron chi connectivity index (χ2n) is 6.93. The highest BCUT2D eigenvalue weighted by molar-refractivity contribution is 8.15. The molecule has 11 heteroatoms. The molecule has 8 nitrogen and oxygen atoms in total. The first kappa shape index (κ1) is 18.1. The number of fused-ring (bicyclic) bond motifs is 4. The van der Waals surface area contributed by atoms with Crippen LogP contribution in [0.25, 0.3) is 0 Å². The van der Waals surface area contributed by atoms with Gasteiger partial charge in [0.2, 0.25) is 0 Å². The zero-order valence-electron chi connectivity index (χ0n) is 15.0. The second kappa shape index (κ2) is 6.55. The van der Waals surface area contributed by atoms with Crippen LogP contribution in [-0.4, -0.2) is 55.3 Å². The van der Waals surface area contributed by atoms with Gasteiger partial charge in [0.15, 0.2) is 10.3 Å². The lowest BCUT2D eigenvalue weighted by molar-refractivity contribution is 0.102. The molecule has 1 aromatic carbocycles. The van der Waals surface area contributed by atoms with Gasteiger partial charge in [-0.05, 0) is 37.0 Å². The van der Waals surface area contributed by atoms with E-state index in [-0.39, 0.29) is 11.7 Å². The van der Waals surface area contributed by atoms with Gasteiger partial charge >= 0.3 is 0 Å². The molecule has 0 fully saturated rings. The maximum absolute atomic E-state index is 12.7. The molecule has 0 unspecified atom stereocenters. The molecule has 1 aromatic heterocycles. The third-order valence-corrected chi connectivity index (χ3v) is 8.18. The normalized spacial score (nSPS) is 20.2. The van der Waals surface area contributed by atoms with Gasteiger partial charge in [-0.25, -0.2) is 13.4 Å². The second-order valence-corrected chi connectivity index (χ2v) is 10.8. The van der Waals surface area contributed by atoms with Gasteiger partial charge in [-0.2, -0.15) is 0 Å². The number of aromatic nitrogens is 1. The number of nitrogens with one attached hydrogen (secondary N) is 1. The van der Waals surface area contributed by atoms with Gasteiger partial charge in [-0.1, -0.05) is 0 Å². The fourth-order valence-corrected chi connectivity index (χ4v) is 6.80. The number of sulfonamides is 1. The van der Waals surface area contributed by atoms with E-state index >= 15 is 0 Å². The molecule has 0 aliphatic carbocycles.